The molecule has 1 aromatic carbocycles. The molecule has 0 fully saturated rings. The van der Waals surface area contributed by atoms with E-state index in [2.05, 4.69) is 9.69 Å². The molecule has 0 saturated carbocycles. The summed E-state index contributed by atoms with van der Waals surface area (Å²) in [6.45, 7) is 3.94. The average molecular weight is 345 g/mol. The third-order valence-electron chi connectivity index (χ3n) is 2.86. The van der Waals surface area contributed by atoms with E-state index in [9.17, 15) is 4.79 Å². The third kappa shape index (κ3) is 4.09. The first kappa shape index (κ1) is 16.1. The van der Waals surface area contributed by atoms with Crippen LogP contribution in [0.1, 0.15) is 23.1 Å². The lowest BCUT2D eigenvalue weighted by Crippen LogP contribution is -2.14. The zero-order valence-corrected chi connectivity index (χ0v) is 13.9. The Morgan fingerprint density at radius 2 is 2.19 bits per heavy atom. The molecule has 0 aliphatic carbocycles. The van der Waals surface area contributed by atoms with Crippen LogP contribution in [0.3, 0.4) is 0 Å². The minimum absolute atomic E-state index is 0.0832. The second-order valence-electron chi connectivity index (χ2n) is 4.36. The van der Waals surface area contributed by atoms with Gasteiger partial charge in [0.25, 0.3) is 0 Å². The molecule has 1 amide bonds. The topological polar surface area (TPSA) is 51.2 Å². The van der Waals surface area contributed by atoms with Crippen molar-refractivity contribution in [3.8, 4) is 0 Å². The first-order chi connectivity index (χ1) is 10.0. The highest BCUT2D eigenvalue weighted by molar-refractivity contribution is 7.06. The molecular formula is C14H14Cl2N2O2S. The second kappa shape index (κ2) is 7.11. The van der Waals surface area contributed by atoms with Crippen molar-refractivity contribution in [1.29, 1.82) is 0 Å². The van der Waals surface area contributed by atoms with Crippen LogP contribution in [-0.4, -0.2) is 10.5 Å². The lowest BCUT2D eigenvalue weighted by Gasteiger charge is -2.09. The average Bonchev–Trinajstić information content (AvgIpc) is 2.78. The number of nitrogens with one attached hydrogen (secondary N) is 1. The van der Waals surface area contributed by atoms with Gasteiger partial charge in [-0.2, -0.15) is 4.37 Å². The van der Waals surface area contributed by atoms with Crippen molar-refractivity contribution in [2.45, 2.75) is 26.9 Å². The van der Waals surface area contributed by atoms with E-state index in [1.165, 1.54) is 11.5 Å². The lowest BCUT2D eigenvalue weighted by molar-refractivity contribution is 0.155. The van der Waals surface area contributed by atoms with Crippen molar-refractivity contribution in [3.05, 3.63) is 44.4 Å². The summed E-state index contributed by atoms with van der Waals surface area (Å²) in [7, 11) is 0. The van der Waals surface area contributed by atoms with E-state index in [1.807, 2.05) is 13.8 Å². The minimum atomic E-state index is -0.529. The Morgan fingerprint density at radius 3 is 2.86 bits per heavy atom. The summed E-state index contributed by atoms with van der Waals surface area (Å²) in [6.07, 6.45) is 0.281. The zero-order valence-electron chi connectivity index (χ0n) is 11.6. The van der Waals surface area contributed by atoms with Gasteiger partial charge in [0.2, 0.25) is 0 Å². The molecule has 0 atom stereocenters. The van der Waals surface area contributed by atoms with Crippen LogP contribution in [0.15, 0.2) is 18.2 Å². The molecule has 1 heterocycles. The molecule has 0 aliphatic heterocycles. The molecule has 0 bridgehead atoms. The first-order valence-electron chi connectivity index (χ1n) is 6.34. The standard InChI is InChI=1S/C14H14Cl2N2O2S/c1-3-12-13(8(2)18-21-12)17-14(19)20-7-9-4-5-10(15)6-11(9)16/h4-6H,3,7H2,1-2H3,(H,17,19). The predicted molar refractivity (Wildman–Crippen MR) is 86.5 cm³/mol. The Kier molecular flexibility index (Phi) is 5.45. The maximum Gasteiger partial charge on any atom is 0.412 e. The molecule has 2 rings (SSSR count). The number of nitrogens with zero attached hydrogens (tertiary/aromatic N) is 1. The number of aryl methyl sites for hydroxylation is 2. The Balaban J connectivity index is 1.97. The highest BCUT2D eigenvalue weighted by atomic mass is 35.5. The molecule has 0 radical (unpaired) electrons. The maximum atomic E-state index is 11.9. The van der Waals surface area contributed by atoms with Crippen molar-refractivity contribution in [3.63, 3.8) is 0 Å². The number of hydrogen-bond acceptors (Lipinski definition) is 4. The van der Waals surface area contributed by atoms with Crippen molar-refractivity contribution >= 4 is 46.5 Å². The second-order valence-corrected chi connectivity index (χ2v) is 6.06. The van der Waals surface area contributed by atoms with Gasteiger partial charge in [-0.25, -0.2) is 4.79 Å². The van der Waals surface area contributed by atoms with Gasteiger partial charge in [-0.15, -0.1) is 0 Å². The Morgan fingerprint density at radius 1 is 1.43 bits per heavy atom. The van der Waals surface area contributed by atoms with Crippen LogP contribution in [0.25, 0.3) is 0 Å². The van der Waals surface area contributed by atoms with Gasteiger partial charge in [0.1, 0.15) is 6.61 Å². The highest BCUT2D eigenvalue weighted by Crippen LogP contribution is 2.25. The zero-order chi connectivity index (χ0) is 15.4. The summed E-state index contributed by atoms with van der Waals surface area (Å²) >= 11 is 13.2. The maximum absolute atomic E-state index is 11.9. The van der Waals surface area contributed by atoms with E-state index in [0.717, 1.165) is 22.7 Å². The third-order valence-corrected chi connectivity index (χ3v) is 4.52. The van der Waals surface area contributed by atoms with E-state index in [1.54, 1.807) is 18.2 Å². The Labute approximate surface area is 137 Å². The highest BCUT2D eigenvalue weighted by Gasteiger charge is 2.13. The molecular weight excluding hydrogens is 331 g/mol. The summed E-state index contributed by atoms with van der Waals surface area (Å²) in [5, 5.41) is 3.74. The van der Waals surface area contributed by atoms with Crippen molar-refractivity contribution < 1.29 is 9.53 Å². The molecule has 21 heavy (non-hydrogen) atoms. The molecule has 1 aromatic heterocycles. The smallest absolute Gasteiger partial charge is 0.412 e. The van der Waals surface area contributed by atoms with E-state index in [-0.39, 0.29) is 6.61 Å². The van der Waals surface area contributed by atoms with Crippen LogP contribution in [-0.2, 0) is 17.8 Å². The first-order valence-corrected chi connectivity index (χ1v) is 7.87. The quantitative estimate of drug-likeness (QED) is 0.842. The normalized spacial score (nSPS) is 10.5. The van der Waals surface area contributed by atoms with Crippen LogP contribution in [0, 0.1) is 6.92 Å². The minimum Gasteiger partial charge on any atom is -0.444 e. The number of ether oxygens (including phenoxy) is 1. The summed E-state index contributed by atoms with van der Waals surface area (Å²) in [5.74, 6) is 0. The number of amides is 1. The van der Waals surface area contributed by atoms with Gasteiger partial charge in [-0.05, 0) is 37.0 Å². The molecule has 0 spiro atoms. The lowest BCUT2D eigenvalue weighted by atomic mass is 10.2. The molecule has 4 nitrogen and oxygen atoms in total. The monoisotopic (exact) mass is 344 g/mol. The van der Waals surface area contributed by atoms with Crippen molar-refractivity contribution in [2.75, 3.05) is 5.32 Å². The summed E-state index contributed by atoms with van der Waals surface area (Å²) in [4.78, 5) is 12.9. The largest absolute Gasteiger partial charge is 0.444 e. The fourth-order valence-electron chi connectivity index (χ4n) is 1.74. The van der Waals surface area contributed by atoms with E-state index < -0.39 is 6.09 Å². The number of hydrogen-bond donors (Lipinski definition) is 1. The van der Waals surface area contributed by atoms with E-state index in [0.29, 0.717) is 15.6 Å². The van der Waals surface area contributed by atoms with Crippen LogP contribution in [0.4, 0.5) is 10.5 Å². The molecule has 7 heteroatoms. The number of benzene rings is 1. The number of aromatic nitrogens is 1. The van der Waals surface area contributed by atoms with Crippen molar-refractivity contribution in [1.82, 2.24) is 4.37 Å². The summed E-state index contributed by atoms with van der Waals surface area (Å²) in [6, 6.07) is 5.04. The van der Waals surface area contributed by atoms with Crippen molar-refractivity contribution in [2.24, 2.45) is 0 Å². The fraction of sp³-hybridized carbons (Fsp3) is 0.286. The number of anilines is 1. The molecule has 112 valence electrons. The van der Waals surface area contributed by atoms with Gasteiger partial charge in [0, 0.05) is 20.5 Å². The summed E-state index contributed by atoms with van der Waals surface area (Å²) < 4.78 is 9.39. The van der Waals surface area contributed by atoms with Gasteiger partial charge in [0.05, 0.1) is 11.4 Å². The van der Waals surface area contributed by atoms with Crippen LogP contribution in [0.5, 0.6) is 0 Å². The fourth-order valence-corrected chi connectivity index (χ4v) is 2.96. The van der Waals surface area contributed by atoms with Crippen LogP contribution < -0.4 is 5.32 Å². The SMILES string of the molecule is CCc1snc(C)c1NC(=O)OCc1ccc(Cl)cc1Cl. The number of carbonyl (C=O) groups is 1. The van der Waals surface area contributed by atoms with E-state index >= 15 is 0 Å². The molecule has 1 N–H and O–H groups in total. The predicted octanol–water partition coefficient (Wildman–Crippen LogP) is 5.07. The molecule has 0 saturated heterocycles. The van der Waals surface area contributed by atoms with E-state index in [4.69, 9.17) is 27.9 Å². The van der Waals surface area contributed by atoms with Gasteiger partial charge < -0.3 is 4.74 Å². The molecule has 0 aliphatic rings. The van der Waals surface area contributed by atoms with Gasteiger partial charge in [-0.1, -0.05) is 36.2 Å². The van der Waals surface area contributed by atoms with Gasteiger partial charge >= 0.3 is 6.09 Å². The molecule has 0 unspecified atom stereocenters. The number of halogens is 2. The van der Waals surface area contributed by atoms with Gasteiger partial charge in [-0.3, -0.25) is 5.32 Å². The Hall–Kier alpha value is -1.30. The van der Waals surface area contributed by atoms with Gasteiger partial charge in [0.15, 0.2) is 0 Å². The van der Waals surface area contributed by atoms with Crippen LogP contribution in [0.2, 0.25) is 10.0 Å². The summed E-state index contributed by atoms with van der Waals surface area (Å²) in [5.41, 5.74) is 2.22. The molecule has 2 aromatic rings. The van der Waals surface area contributed by atoms with Crippen LogP contribution >= 0.6 is 34.7 Å². The number of rotatable bonds is 4. The number of carbonyl (C=O) groups excluding carboxylic acids is 1. The Bertz CT molecular complexity index is 658.